The number of aromatic hydroxyl groups is 1. The van der Waals surface area contributed by atoms with Gasteiger partial charge in [-0.05, 0) is 50.3 Å². The minimum absolute atomic E-state index is 0.0119. The van der Waals surface area contributed by atoms with Crippen LogP contribution in [0.25, 0.3) is 0 Å². The first-order valence-electron chi connectivity index (χ1n) is 13.7. The zero-order valence-corrected chi connectivity index (χ0v) is 24.0. The molecule has 1 fully saturated rings. The Balaban J connectivity index is 2.39. The number of carbonyl (C=O) groups is 5. The topological polar surface area (TPSA) is 295 Å². The van der Waals surface area contributed by atoms with E-state index in [1.54, 1.807) is 12.1 Å². The lowest BCUT2D eigenvalue weighted by Gasteiger charge is -2.25. The molecule has 0 radical (unpaired) electrons. The summed E-state index contributed by atoms with van der Waals surface area (Å²) in [5.41, 5.74) is 22.1. The van der Waals surface area contributed by atoms with Crippen LogP contribution in [0, 0.1) is 0 Å². The second kappa shape index (κ2) is 17.0. The molecule has 0 unspecified atom stereocenters. The Hall–Kier alpha value is -5.09. The molecular formula is C26H41N11O6. The summed E-state index contributed by atoms with van der Waals surface area (Å²) in [5.74, 6) is -3.60. The van der Waals surface area contributed by atoms with Crippen LogP contribution in [0.3, 0.4) is 0 Å². The molecule has 0 saturated carbocycles. The van der Waals surface area contributed by atoms with E-state index < -0.39 is 60.2 Å². The number of benzene rings is 1. The maximum absolute atomic E-state index is 13.5. The number of aliphatic imine (C=N–C) groups is 2. The Morgan fingerprint density at radius 1 is 0.744 bits per heavy atom. The van der Waals surface area contributed by atoms with E-state index in [2.05, 4.69) is 36.6 Å². The lowest BCUT2D eigenvalue weighted by Crippen LogP contribution is -2.57. The van der Waals surface area contributed by atoms with Crippen molar-refractivity contribution < 1.29 is 29.1 Å². The highest BCUT2D eigenvalue weighted by atomic mass is 16.3. The summed E-state index contributed by atoms with van der Waals surface area (Å²) >= 11 is 0. The average molecular weight is 604 g/mol. The second-order valence-corrected chi connectivity index (χ2v) is 9.96. The molecule has 4 atom stereocenters. The van der Waals surface area contributed by atoms with Crippen LogP contribution >= 0.6 is 0 Å². The molecule has 236 valence electrons. The first-order chi connectivity index (χ1) is 20.3. The first kappa shape index (κ1) is 34.1. The number of hydrogen-bond donors (Lipinski definition) is 10. The predicted octanol–water partition coefficient (Wildman–Crippen LogP) is -3.87. The molecule has 1 saturated heterocycles. The number of hydrogen-bond acceptors (Lipinski definition) is 8. The maximum atomic E-state index is 13.5. The Morgan fingerprint density at radius 3 is 1.74 bits per heavy atom. The van der Waals surface area contributed by atoms with E-state index in [0.29, 0.717) is 18.4 Å². The molecule has 1 aliphatic heterocycles. The molecule has 1 aliphatic rings. The van der Waals surface area contributed by atoms with E-state index >= 15 is 0 Å². The van der Waals surface area contributed by atoms with Gasteiger partial charge in [0.05, 0.1) is 6.54 Å². The third kappa shape index (κ3) is 12.5. The van der Waals surface area contributed by atoms with Gasteiger partial charge in [0.1, 0.15) is 29.9 Å². The Kier molecular flexibility index (Phi) is 13.5. The van der Waals surface area contributed by atoms with Crippen molar-refractivity contribution in [1.82, 2.24) is 26.6 Å². The van der Waals surface area contributed by atoms with Crippen LogP contribution in [0.15, 0.2) is 34.3 Å². The fourth-order valence-corrected chi connectivity index (χ4v) is 4.11. The van der Waals surface area contributed by atoms with Gasteiger partial charge >= 0.3 is 0 Å². The van der Waals surface area contributed by atoms with E-state index in [1.807, 2.05) is 0 Å². The molecule has 0 bridgehead atoms. The Labute approximate surface area is 248 Å². The standard InChI is InChI=1S/C26H41N11O6/c1-14-21(40)35-17(4-2-10-31-25(27)28)23(42)36-18(5-3-11-32-26(29)30)24(43)37-19(22(41)33-13-20(39)34-14)12-15-6-8-16(38)9-7-15/h6-9,14,17-19,38H,2-5,10-13H2,1H3,(H,33,41)(H,34,39)(H,35,40)(H,36,42)(H,37,43)(H4,27,28,31)(H4,29,30,32)/t14-,17-,18+,19+/m0/s1. The lowest BCUT2D eigenvalue weighted by atomic mass is 10.0. The van der Waals surface area contributed by atoms with Crippen molar-refractivity contribution in [3.63, 3.8) is 0 Å². The normalized spacial score (nSPS) is 21.9. The highest BCUT2D eigenvalue weighted by Crippen LogP contribution is 2.12. The number of nitrogens with two attached hydrogens (primary N) is 4. The van der Waals surface area contributed by atoms with Crippen LogP contribution in [-0.2, 0) is 30.4 Å². The van der Waals surface area contributed by atoms with E-state index in [9.17, 15) is 29.1 Å². The molecule has 1 heterocycles. The van der Waals surface area contributed by atoms with Gasteiger partial charge in [-0.25, -0.2) is 0 Å². The van der Waals surface area contributed by atoms with Gasteiger partial charge < -0.3 is 54.6 Å². The number of amides is 5. The zero-order chi connectivity index (χ0) is 31.9. The van der Waals surface area contributed by atoms with Crippen LogP contribution < -0.4 is 49.5 Å². The highest BCUT2D eigenvalue weighted by molar-refractivity contribution is 5.97. The molecule has 1 aromatic carbocycles. The van der Waals surface area contributed by atoms with Gasteiger partial charge in [-0.2, -0.15) is 0 Å². The minimum atomic E-state index is -1.15. The van der Waals surface area contributed by atoms with Crippen molar-refractivity contribution in [1.29, 1.82) is 0 Å². The van der Waals surface area contributed by atoms with Crippen LogP contribution in [0.4, 0.5) is 0 Å². The van der Waals surface area contributed by atoms with Gasteiger partial charge in [0.25, 0.3) is 0 Å². The average Bonchev–Trinajstić information content (AvgIpc) is 2.94. The van der Waals surface area contributed by atoms with Gasteiger partial charge in [-0.1, -0.05) is 12.1 Å². The number of phenolic OH excluding ortho intramolecular Hbond substituents is 1. The minimum Gasteiger partial charge on any atom is -0.508 e. The molecular weight excluding hydrogens is 562 g/mol. The van der Waals surface area contributed by atoms with Crippen molar-refractivity contribution >= 4 is 41.5 Å². The fraction of sp³-hybridized carbons (Fsp3) is 0.500. The predicted molar refractivity (Wildman–Crippen MR) is 158 cm³/mol. The van der Waals surface area contributed by atoms with Crippen molar-refractivity contribution in [2.24, 2.45) is 32.9 Å². The summed E-state index contributed by atoms with van der Waals surface area (Å²) in [7, 11) is 0. The van der Waals surface area contributed by atoms with Crippen LogP contribution in [-0.4, -0.2) is 90.4 Å². The summed E-state index contributed by atoms with van der Waals surface area (Å²) in [6, 6.07) is 1.57. The third-order valence-electron chi connectivity index (χ3n) is 6.36. The van der Waals surface area contributed by atoms with Crippen molar-refractivity contribution in [2.45, 2.75) is 63.2 Å². The molecule has 14 N–H and O–H groups in total. The number of nitrogens with zero attached hydrogens (tertiary/aromatic N) is 2. The van der Waals surface area contributed by atoms with Gasteiger partial charge in [0, 0.05) is 19.5 Å². The van der Waals surface area contributed by atoms with Crippen molar-refractivity contribution in [3.8, 4) is 5.75 Å². The van der Waals surface area contributed by atoms with Gasteiger partial charge in [0.15, 0.2) is 11.9 Å². The maximum Gasteiger partial charge on any atom is 0.243 e. The fourth-order valence-electron chi connectivity index (χ4n) is 4.11. The van der Waals surface area contributed by atoms with Crippen LogP contribution in [0.1, 0.15) is 38.2 Å². The first-order valence-corrected chi connectivity index (χ1v) is 13.7. The third-order valence-corrected chi connectivity index (χ3v) is 6.36. The van der Waals surface area contributed by atoms with E-state index in [0.717, 1.165) is 0 Å². The Bertz CT molecular complexity index is 1200. The number of nitrogens with one attached hydrogen (secondary N) is 5. The smallest absolute Gasteiger partial charge is 0.243 e. The van der Waals surface area contributed by atoms with Gasteiger partial charge in [-0.3, -0.25) is 34.0 Å². The molecule has 17 heteroatoms. The number of guanidine groups is 2. The molecule has 0 aromatic heterocycles. The van der Waals surface area contributed by atoms with Crippen molar-refractivity contribution in [3.05, 3.63) is 29.8 Å². The van der Waals surface area contributed by atoms with E-state index in [-0.39, 0.29) is 50.0 Å². The largest absolute Gasteiger partial charge is 0.508 e. The summed E-state index contributed by atoms with van der Waals surface area (Å²) in [4.78, 5) is 73.2. The summed E-state index contributed by atoms with van der Waals surface area (Å²) in [6.07, 6.45) is 0.819. The summed E-state index contributed by atoms with van der Waals surface area (Å²) in [5, 5.41) is 22.5. The van der Waals surface area contributed by atoms with Gasteiger partial charge in [0.2, 0.25) is 29.5 Å². The summed E-state index contributed by atoms with van der Waals surface area (Å²) in [6.45, 7) is 1.30. The van der Waals surface area contributed by atoms with Gasteiger partial charge in [-0.15, -0.1) is 0 Å². The van der Waals surface area contributed by atoms with Crippen LogP contribution in [0.2, 0.25) is 0 Å². The number of phenols is 1. The van der Waals surface area contributed by atoms with Crippen molar-refractivity contribution in [2.75, 3.05) is 19.6 Å². The molecule has 0 spiro atoms. The molecule has 2 rings (SSSR count). The van der Waals surface area contributed by atoms with Crippen LogP contribution in [0.5, 0.6) is 5.75 Å². The number of carbonyl (C=O) groups excluding carboxylic acids is 5. The lowest BCUT2D eigenvalue weighted by molar-refractivity contribution is -0.134. The molecule has 17 nitrogen and oxygen atoms in total. The molecule has 5 amide bonds. The zero-order valence-electron chi connectivity index (χ0n) is 24.0. The monoisotopic (exact) mass is 603 g/mol. The SMILES string of the molecule is C[C@@H]1NC(=O)CNC(=O)[C@@H](Cc2ccc(O)cc2)NC(=O)[C@@H](CCCN=C(N)N)NC(=O)[C@H](CCCN=C(N)N)NC1=O. The molecule has 0 aliphatic carbocycles. The molecule has 1 aromatic rings. The van der Waals surface area contributed by atoms with E-state index in [1.165, 1.54) is 19.1 Å². The quantitative estimate of drug-likeness (QED) is 0.0705. The number of rotatable bonds is 10. The van der Waals surface area contributed by atoms with E-state index in [4.69, 9.17) is 22.9 Å². The Morgan fingerprint density at radius 2 is 1.23 bits per heavy atom. The second-order valence-electron chi connectivity index (χ2n) is 9.96. The molecule has 43 heavy (non-hydrogen) atoms. The highest BCUT2D eigenvalue weighted by Gasteiger charge is 2.31. The summed E-state index contributed by atoms with van der Waals surface area (Å²) < 4.78 is 0.